The largest absolute Gasteiger partial charge is 0.376 e. The zero-order valence-corrected chi connectivity index (χ0v) is 13.7. The lowest BCUT2D eigenvalue weighted by Gasteiger charge is -2.26. The predicted octanol–water partition coefficient (Wildman–Crippen LogP) is 1.52. The third-order valence-electron chi connectivity index (χ3n) is 3.27. The van der Waals surface area contributed by atoms with Crippen molar-refractivity contribution in [1.29, 1.82) is 0 Å². The summed E-state index contributed by atoms with van der Waals surface area (Å²) in [5, 5.41) is 0. The minimum Gasteiger partial charge on any atom is -0.376 e. The number of rotatable bonds is 6. The molecule has 7 heteroatoms. The summed E-state index contributed by atoms with van der Waals surface area (Å²) in [5.41, 5.74) is 0.414. The third-order valence-corrected chi connectivity index (χ3v) is 4.60. The van der Waals surface area contributed by atoms with Gasteiger partial charge in [0.2, 0.25) is 0 Å². The Morgan fingerprint density at radius 3 is 2.27 bits per heavy atom. The van der Waals surface area contributed by atoms with Crippen LogP contribution in [-0.2, 0) is 28.5 Å². The predicted molar refractivity (Wildman–Crippen MR) is 80.3 cm³/mol. The van der Waals surface area contributed by atoms with E-state index in [1.54, 1.807) is 12.1 Å². The molecule has 0 spiro atoms. The highest BCUT2D eigenvalue weighted by Crippen LogP contribution is 2.16. The van der Waals surface area contributed by atoms with Gasteiger partial charge in [0.1, 0.15) is 5.60 Å². The Morgan fingerprint density at radius 1 is 1.09 bits per heavy atom. The molecule has 0 N–H and O–H groups in total. The zero-order valence-electron chi connectivity index (χ0n) is 12.9. The summed E-state index contributed by atoms with van der Waals surface area (Å²) >= 11 is 0. The molecule has 0 radical (unpaired) electrons. The van der Waals surface area contributed by atoms with Gasteiger partial charge in [-0.1, -0.05) is 17.7 Å². The molecule has 0 amide bonds. The van der Waals surface area contributed by atoms with Crippen molar-refractivity contribution in [2.45, 2.75) is 24.3 Å². The maximum Gasteiger partial charge on any atom is 0.297 e. The maximum atomic E-state index is 12.0. The molecule has 1 aromatic carbocycles. The molecule has 1 aromatic rings. The molecule has 1 heterocycles. The second-order valence-corrected chi connectivity index (χ2v) is 7.11. The first-order valence-corrected chi connectivity index (χ1v) is 8.58. The molecule has 0 bridgehead atoms. The Hall–Kier alpha value is -0.990. The summed E-state index contributed by atoms with van der Waals surface area (Å²) in [6.45, 7) is 5.76. The molecule has 124 valence electrons. The van der Waals surface area contributed by atoms with E-state index >= 15 is 0 Å². The lowest BCUT2D eigenvalue weighted by Crippen LogP contribution is -2.39. The van der Waals surface area contributed by atoms with Gasteiger partial charge in [-0.25, -0.2) is 0 Å². The van der Waals surface area contributed by atoms with Crippen molar-refractivity contribution in [3.8, 4) is 0 Å². The second kappa shape index (κ2) is 7.52. The molecular weight excluding hydrogens is 308 g/mol. The van der Waals surface area contributed by atoms with Crippen molar-refractivity contribution < 1.29 is 26.8 Å². The van der Waals surface area contributed by atoms with Gasteiger partial charge in [0.15, 0.2) is 0 Å². The van der Waals surface area contributed by atoms with E-state index in [1.807, 2.05) is 13.8 Å². The van der Waals surface area contributed by atoms with Gasteiger partial charge >= 0.3 is 0 Å². The van der Waals surface area contributed by atoms with E-state index < -0.39 is 15.7 Å². The van der Waals surface area contributed by atoms with Gasteiger partial charge in [0.05, 0.1) is 44.5 Å². The first-order valence-electron chi connectivity index (χ1n) is 7.17. The van der Waals surface area contributed by atoms with E-state index in [4.69, 9.17) is 18.4 Å². The van der Waals surface area contributed by atoms with Gasteiger partial charge in [-0.05, 0) is 26.0 Å². The van der Waals surface area contributed by atoms with E-state index in [0.29, 0.717) is 26.4 Å². The Bertz CT molecular complexity index is 558. The minimum absolute atomic E-state index is 0.0498. The average molecular weight is 330 g/mol. The SMILES string of the molecule is Cc1ccc(S(=O)(=O)OCCOC2(C)COCCOC2)cc1. The molecule has 1 aliphatic rings. The quantitative estimate of drug-likeness (QED) is 0.582. The molecule has 6 nitrogen and oxygen atoms in total. The van der Waals surface area contributed by atoms with E-state index in [9.17, 15) is 8.42 Å². The molecule has 0 aromatic heterocycles. The van der Waals surface area contributed by atoms with Crippen LogP contribution in [0.25, 0.3) is 0 Å². The van der Waals surface area contributed by atoms with Crippen LogP contribution in [-0.4, -0.2) is 53.7 Å². The summed E-state index contributed by atoms with van der Waals surface area (Å²) in [5.74, 6) is 0. The maximum absolute atomic E-state index is 12.0. The van der Waals surface area contributed by atoms with E-state index in [0.717, 1.165) is 5.56 Å². The van der Waals surface area contributed by atoms with Crippen LogP contribution in [0.4, 0.5) is 0 Å². The van der Waals surface area contributed by atoms with Crippen LogP contribution < -0.4 is 0 Å². The molecule has 1 fully saturated rings. The molecule has 0 atom stereocenters. The Kier molecular flexibility index (Phi) is 5.94. The molecular formula is C15H22O6S. The highest BCUT2D eigenvalue weighted by atomic mass is 32.2. The highest BCUT2D eigenvalue weighted by Gasteiger charge is 2.28. The van der Waals surface area contributed by atoms with Gasteiger partial charge < -0.3 is 14.2 Å². The number of hydrogen-bond acceptors (Lipinski definition) is 6. The van der Waals surface area contributed by atoms with Gasteiger partial charge in [0.25, 0.3) is 10.1 Å². The van der Waals surface area contributed by atoms with Crippen molar-refractivity contribution in [3.63, 3.8) is 0 Å². The van der Waals surface area contributed by atoms with Crippen LogP contribution in [0, 0.1) is 6.92 Å². The fourth-order valence-corrected chi connectivity index (χ4v) is 2.92. The van der Waals surface area contributed by atoms with E-state index in [1.165, 1.54) is 12.1 Å². The summed E-state index contributed by atoms with van der Waals surface area (Å²) < 4.78 is 45.4. The van der Waals surface area contributed by atoms with Gasteiger partial charge in [0, 0.05) is 0 Å². The van der Waals surface area contributed by atoms with Crippen LogP contribution in [0.3, 0.4) is 0 Å². The molecule has 22 heavy (non-hydrogen) atoms. The summed E-state index contributed by atoms with van der Waals surface area (Å²) in [4.78, 5) is 0.144. The lowest BCUT2D eigenvalue weighted by molar-refractivity contribution is -0.101. The van der Waals surface area contributed by atoms with Gasteiger partial charge in [-0.2, -0.15) is 8.42 Å². The molecule has 0 saturated carbocycles. The molecule has 1 saturated heterocycles. The van der Waals surface area contributed by atoms with Crippen molar-refractivity contribution in [1.82, 2.24) is 0 Å². The standard InChI is InChI=1S/C15H22O6S/c1-13-3-5-14(6-4-13)22(16,17)21-10-9-20-15(2)11-18-7-8-19-12-15/h3-6H,7-12H2,1-2H3. The minimum atomic E-state index is -3.75. The van der Waals surface area contributed by atoms with Crippen LogP contribution in [0.2, 0.25) is 0 Å². The normalized spacial score (nSPS) is 18.8. The van der Waals surface area contributed by atoms with Crippen molar-refractivity contribution in [3.05, 3.63) is 29.8 Å². The molecule has 2 rings (SSSR count). The first kappa shape index (κ1) is 17.4. The molecule has 0 unspecified atom stereocenters. The van der Waals surface area contributed by atoms with E-state index in [2.05, 4.69) is 0 Å². The van der Waals surface area contributed by atoms with Gasteiger partial charge in [-0.15, -0.1) is 0 Å². The number of aryl methyl sites for hydroxylation is 1. The molecule has 0 aliphatic carbocycles. The van der Waals surface area contributed by atoms with Crippen molar-refractivity contribution in [2.75, 3.05) is 39.6 Å². The van der Waals surface area contributed by atoms with Crippen molar-refractivity contribution in [2.24, 2.45) is 0 Å². The first-order chi connectivity index (χ1) is 10.4. The molecule has 1 aliphatic heterocycles. The van der Waals surface area contributed by atoms with Crippen LogP contribution in [0.1, 0.15) is 12.5 Å². The Labute approximate surface area is 131 Å². The Balaban J connectivity index is 1.81. The zero-order chi connectivity index (χ0) is 16.1. The second-order valence-electron chi connectivity index (χ2n) is 5.49. The summed E-state index contributed by atoms with van der Waals surface area (Å²) in [6.07, 6.45) is 0. The third kappa shape index (κ3) is 5.03. The average Bonchev–Trinajstić information content (AvgIpc) is 2.69. The van der Waals surface area contributed by atoms with Crippen LogP contribution in [0.15, 0.2) is 29.2 Å². The highest BCUT2D eigenvalue weighted by molar-refractivity contribution is 7.86. The smallest absolute Gasteiger partial charge is 0.297 e. The number of benzene rings is 1. The number of ether oxygens (including phenoxy) is 3. The monoisotopic (exact) mass is 330 g/mol. The number of hydrogen-bond donors (Lipinski definition) is 0. The lowest BCUT2D eigenvalue weighted by atomic mass is 10.1. The fourth-order valence-electron chi connectivity index (χ4n) is 2.02. The summed E-state index contributed by atoms with van der Waals surface area (Å²) in [6, 6.07) is 6.52. The fraction of sp³-hybridized carbons (Fsp3) is 0.600. The Morgan fingerprint density at radius 2 is 1.68 bits per heavy atom. The van der Waals surface area contributed by atoms with Crippen LogP contribution in [0.5, 0.6) is 0 Å². The van der Waals surface area contributed by atoms with Crippen LogP contribution >= 0.6 is 0 Å². The topological polar surface area (TPSA) is 71.1 Å². The van der Waals surface area contributed by atoms with E-state index in [-0.39, 0.29) is 18.1 Å². The summed E-state index contributed by atoms with van der Waals surface area (Å²) in [7, 11) is -3.75. The van der Waals surface area contributed by atoms with Gasteiger partial charge in [-0.3, -0.25) is 4.18 Å². The van der Waals surface area contributed by atoms with Crippen molar-refractivity contribution >= 4 is 10.1 Å².